The minimum Gasteiger partial charge on any atom is -0.503 e. The molecular formula is C31H29NO6. The molecule has 38 heavy (non-hydrogen) atoms. The molecule has 1 unspecified atom stereocenters. The van der Waals surface area contributed by atoms with Gasteiger partial charge in [-0.25, -0.2) is 0 Å². The molecule has 5 rings (SSSR count). The van der Waals surface area contributed by atoms with Gasteiger partial charge in [-0.1, -0.05) is 50.2 Å². The second-order valence-corrected chi connectivity index (χ2v) is 9.41. The van der Waals surface area contributed by atoms with Crippen LogP contribution in [-0.4, -0.2) is 30.5 Å². The minimum atomic E-state index is -0.893. The molecule has 1 amide bonds. The van der Waals surface area contributed by atoms with Gasteiger partial charge in [0.2, 0.25) is 5.78 Å². The fraction of sp³-hybridized carbons (Fsp3) is 0.226. The van der Waals surface area contributed by atoms with E-state index >= 15 is 0 Å². The highest BCUT2D eigenvalue weighted by atomic mass is 16.5. The lowest BCUT2D eigenvalue weighted by molar-refractivity contribution is -0.117. The molecule has 4 aromatic rings. The van der Waals surface area contributed by atoms with E-state index in [1.165, 1.54) is 12.0 Å². The van der Waals surface area contributed by atoms with E-state index in [0.29, 0.717) is 46.2 Å². The zero-order valence-corrected chi connectivity index (χ0v) is 21.7. The number of fused-ring (bicyclic) bond motifs is 1. The number of aliphatic hydroxyl groups excluding tert-OH is 1. The highest BCUT2D eigenvalue weighted by Gasteiger charge is 2.45. The second kappa shape index (κ2) is 10.1. The number of carbonyl (C=O) groups is 2. The van der Waals surface area contributed by atoms with Gasteiger partial charge in [0.05, 0.1) is 25.3 Å². The molecule has 7 nitrogen and oxygen atoms in total. The van der Waals surface area contributed by atoms with E-state index < -0.39 is 23.5 Å². The monoisotopic (exact) mass is 511 g/mol. The molecule has 0 radical (unpaired) electrons. The Balaban J connectivity index is 1.64. The third-order valence-electron chi connectivity index (χ3n) is 6.73. The Morgan fingerprint density at radius 2 is 1.79 bits per heavy atom. The summed E-state index contributed by atoms with van der Waals surface area (Å²) in [4.78, 5) is 28.9. The lowest BCUT2D eigenvalue weighted by Gasteiger charge is -2.27. The standard InChI is InChI=1S/C31H29NO6/c1-5-37-23-10-6-8-20(16-23)27-26(28(33)25-17-21-9-7-11-24(36-4)30(21)38-25)29(34)31(35)32(27)22-14-12-19(13-15-22)18(2)3/h6-18,27,34H,5H2,1-4H3. The van der Waals surface area contributed by atoms with E-state index in [0.717, 1.165) is 5.56 Å². The van der Waals surface area contributed by atoms with Crippen molar-refractivity contribution in [1.82, 2.24) is 0 Å². The van der Waals surface area contributed by atoms with Gasteiger partial charge < -0.3 is 19.0 Å². The number of rotatable bonds is 8. The number of anilines is 1. The third-order valence-corrected chi connectivity index (χ3v) is 6.73. The third kappa shape index (κ3) is 4.30. The summed E-state index contributed by atoms with van der Waals surface area (Å²) in [5, 5.41) is 11.8. The number of ether oxygens (including phenoxy) is 2. The van der Waals surface area contributed by atoms with Crippen molar-refractivity contribution >= 4 is 28.3 Å². The van der Waals surface area contributed by atoms with Crippen LogP contribution in [0, 0.1) is 0 Å². The first kappa shape index (κ1) is 25.1. The maximum Gasteiger partial charge on any atom is 0.294 e. The lowest BCUT2D eigenvalue weighted by Crippen LogP contribution is -2.31. The number of methoxy groups -OCH3 is 1. The van der Waals surface area contributed by atoms with Crippen molar-refractivity contribution in [1.29, 1.82) is 0 Å². The van der Waals surface area contributed by atoms with Gasteiger partial charge in [0.25, 0.3) is 5.91 Å². The quantitative estimate of drug-likeness (QED) is 0.263. The topological polar surface area (TPSA) is 89.2 Å². The van der Waals surface area contributed by atoms with Gasteiger partial charge in [0.1, 0.15) is 5.75 Å². The van der Waals surface area contributed by atoms with Crippen LogP contribution in [0.4, 0.5) is 5.69 Å². The molecule has 1 N–H and O–H groups in total. The van der Waals surface area contributed by atoms with E-state index in [1.54, 1.807) is 36.4 Å². The van der Waals surface area contributed by atoms with Crippen molar-refractivity contribution in [3.63, 3.8) is 0 Å². The summed E-state index contributed by atoms with van der Waals surface area (Å²) in [6.07, 6.45) is 0. The lowest BCUT2D eigenvalue weighted by atomic mass is 9.94. The summed E-state index contributed by atoms with van der Waals surface area (Å²) in [5.41, 5.74) is 2.65. The van der Waals surface area contributed by atoms with Crippen LogP contribution >= 0.6 is 0 Å². The summed E-state index contributed by atoms with van der Waals surface area (Å²) in [7, 11) is 1.52. The molecule has 0 saturated carbocycles. The molecule has 2 heterocycles. The number of Topliss-reactive ketones (excluding diaryl/α,β-unsaturated/α-hetero) is 1. The van der Waals surface area contributed by atoms with Crippen molar-refractivity contribution in [2.24, 2.45) is 0 Å². The molecule has 1 aliphatic rings. The van der Waals surface area contributed by atoms with Crippen molar-refractivity contribution in [3.05, 3.63) is 101 Å². The van der Waals surface area contributed by atoms with Crippen LogP contribution in [0.2, 0.25) is 0 Å². The van der Waals surface area contributed by atoms with Gasteiger partial charge in [0, 0.05) is 11.1 Å². The maximum atomic E-state index is 13.9. The summed E-state index contributed by atoms with van der Waals surface area (Å²) in [6, 6.07) is 20.8. The molecule has 7 heteroatoms. The number of nitrogens with zero attached hydrogens (tertiary/aromatic N) is 1. The number of benzene rings is 3. The van der Waals surface area contributed by atoms with Gasteiger partial charge >= 0.3 is 0 Å². The van der Waals surface area contributed by atoms with Crippen molar-refractivity contribution < 1.29 is 28.6 Å². The molecule has 1 aliphatic heterocycles. The molecule has 0 saturated heterocycles. The molecule has 1 aromatic heterocycles. The van der Waals surface area contributed by atoms with Gasteiger partial charge in [-0.2, -0.15) is 0 Å². The van der Waals surface area contributed by atoms with Crippen LogP contribution in [0.3, 0.4) is 0 Å². The first-order valence-corrected chi connectivity index (χ1v) is 12.5. The molecular weight excluding hydrogens is 482 g/mol. The molecule has 194 valence electrons. The Morgan fingerprint density at radius 1 is 1.05 bits per heavy atom. The number of para-hydroxylation sites is 1. The zero-order chi connectivity index (χ0) is 27.0. The van der Waals surface area contributed by atoms with Gasteiger partial charge in [0.15, 0.2) is 22.9 Å². The summed E-state index contributed by atoms with van der Waals surface area (Å²) in [6.45, 7) is 6.51. The predicted molar refractivity (Wildman–Crippen MR) is 145 cm³/mol. The number of hydrogen-bond donors (Lipinski definition) is 1. The zero-order valence-electron chi connectivity index (χ0n) is 21.7. The van der Waals surface area contributed by atoms with E-state index in [2.05, 4.69) is 13.8 Å². The van der Waals surface area contributed by atoms with Crippen molar-refractivity contribution in [2.45, 2.75) is 32.7 Å². The Kier molecular flexibility index (Phi) is 6.68. The van der Waals surface area contributed by atoms with Crippen molar-refractivity contribution in [3.8, 4) is 11.5 Å². The average Bonchev–Trinajstić information content (AvgIpc) is 3.48. The highest BCUT2D eigenvalue weighted by Crippen LogP contribution is 2.43. The molecule has 0 fully saturated rings. The van der Waals surface area contributed by atoms with E-state index in [1.807, 2.05) is 43.3 Å². The summed E-state index contributed by atoms with van der Waals surface area (Å²) < 4.78 is 17.0. The smallest absolute Gasteiger partial charge is 0.294 e. The second-order valence-electron chi connectivity index (χ2n) is 9.41. The predicted octanol–water partition coefficient (Wildman–Crippen LogP) is 6.75. The van der Waals surface area contributed by atoms with E-state index in [9.17, 15) is 14.7 Å². The largest absolute Gasteiger partial charge is 0.503 e. The Labute approximate surface area is 220 Å². The number of carbonyl (C=O) groups excluding carboxylic acids is 2. The molecule has 1 atom stereocenters. The minimum absolute atomic E-state index is 0.00168. The fourth-order valence-electron chi connectivity index (χ4n) is 4.82. The van der Waals surface area contributed by atoms with Crippen LogP contribution in [0.5, 0.6) is 11.5 Å². The number of furan rings is 1. The highest BCUT2D eigenvalue weighted by molar-refractivity contribution is 6.20. The van der Waals surface area contributed by atoms with E-state index in [-0.39, 0.29) is 11.3 Å². The fourth-order valence-corrected chi connectivity index (χ4v) is 4.82. The summed E-state index contributed by atoms with van der Waals surface area (Å²) >= 11 is 0. The van der Waals surface area contributed by atoms with Gasteiger partial charge in [-0.05, 0) is 60.4 Å². The number of hydrogen-bond acceptors (Lipinski definition) is 6. The Bertz CT molecular complexity index is 1550. The van der Waals surface area contributed by atoms with Crippen LogP contribution in [0.1, 0.15) is 54.4 Å². The molecule has 3 aromatic carbocycles. The Morgan fingerprint density at radius 3 is 2.47 bits per heavy atom. The SMILES string of the molecule is CCOc1cccc(C2C(C(=O)c3cc4cccc(OC)c4o3)=C(O)C(=O)N2c2ccc(C(C)C)cc2)c1. The van der Waals surface area contributed by atoms with Gasteiger partial charge in [-0.15, -0.1) is 0 Å². The first-order chi connectivity index (χ1) is 18.3. The number of amides is 1. The summed E-state index contributed by atoms with van der Waals surface area (Å²) in [5.74, 6) is -0.461. The number of ketones is 1. The molecule has 0 spiro atoms. The first-order valence-electron chi connectivity index (χ1n) is 12.5. The van der Waals surface area contributed by atoms with Crippen LogP contribution in [0.15, 0.2) is 88.5 Å². The average molecular weight is 512 g/mol. The maximum absolute atomic E-state index is 13.9. The normalized spacial score (nSPS) is 15.6. The van der Waals surface area contributed by atoms with Crippen LogP contribution in [-0.2, 0) is 4.79 Å². The molecule has 0 bridgehead atoms. The van der Waals surface area contributed by atoms with Gasteiger partial charge in [-0.3, -0.25) is 14.5 Å². The molecule has 0 aliphatic carbocycles. The Hall–Kier alpha value is -4.52. The van der Waals surface area contributed by atoms with Crippen LogP contribution in [0.25, 0.3) is 11.0 Å². The van der Waals surface area contributed by atoms with E-state index in [4.69, 9.17) is 13.9 Å². The van der Waals surface area contributed by atoms with Crippen molar-refractivity contribution in [2.75, 3.05) is 18.6 Å². The number of aliphatic hydroxyl groups is 1. The van der Waals surface area contributed by atoms with Crippen LogP contribution < -0.4 is 14.4 Å².